The molecule has 3 rings (SSSR count). The van der Waals surface area contributed by atoms with Gasteiger partial charge in [-0.25, -0.2) is 5.01 Å². The van der Waals surface area contributed by atoms with E-state index in [1.165, 1.54) is 5.01 Å². The predicted molar refractivity (Wildman–Crippen MR) is 84.0 cm³/mol. The zero-order chi connectivity index (χ0) is 15.4. The summed E-state index contributed by atoms with van der Waals surface area (Å²) in [5.74, 6) is 0.724. The second kappa shape index (κ2) is 6.39. The van der Waals surface area contributed by atoms with E-state index in [1.807, 2.05) is 31.2 Å². The molecule has 0 unspecified atom stereocenters. The number of rotatable bonds is 4. The molecule has 0 radical (unpaired) electrons. The van der Waals surface area contributed by atoms with Gasteiger partial charge in [-0.2, -0.15) is 5.10 Å². The molecule has 0 atom stereocenters. The molecule has 1 aliphatic rings. The van der Waals surface area contributed by atoms with Crippen LogP contribution >= 0.6 is 0 Å². The van der Waals surface area contributed by atoms with E-state index in [1.54, 1.807) is 24.5 Å². The van der Waals surface area contributed by atoms with E-state index in [9.17, 15) is 4.79 Å². The highest BCUT2D eigenvalue weighted by Gasteiger charge is 2.22. The first-order valence-corrected chi connectivity index (χ1v) is 7.30. The maximum Gasteiger partial charge on any atom is 0.275 e. The third-order valence-corrected chi connectivity index (χ3v) is 3.44. The molecule has 1 aliphatic heterocycles. The van der Waals surface area contributed by atoms with Gasteiger partial charge in [-0.3, -0.25) is 9.78 Å². The number of nitrogens with zero attached hydrogens (tertiary/aromatic N) is 3. The molecule has 0 N–H and O–H groups in total. The normalized spacial score (nSPS) is 13.9. The number of amides is 1. The van der Waals surface area contributed by atoms with Crippen molar-refractivity contribution < 1.29 is 9.53 Å². The molecule has 5 heteroatoms. The lowest BCUT2D eigenvalue weighted by Gasteiger charge is -2.10. The lowest BCUT2D eigenvalue weighted by molar-refractivity contribution is 0.0778. The first-order chi connectivity index (χ1) is 10.8. The van der Waals surface area contributed by atoms with E-state index < -0.39 is 0 Å². The molecule has 0 fully saturated rings. The maximum atomic E-state index is 12.3. The average Bonchev–Trinajstić information content (AvgIpc) is 3.06. The van der Waals surface area contributed by atoms with Crippen molar-refractivity contribution in [3.63, 3.8) is 0 Å². The number of carbonyl (C=O) groups excluding carboxylic acids is 1. The van der Waals surface area contributed by atoms with Crippen molar-refractivity contribution in [1.29, 1.82) is 0 Å². The highest BCUT2D eigenvalue weighted by Crippen LogP contribution is 2.19. The third kappa shape index (κ3) is 2.98. The fourth-order valence-electron chi connectivity index (χ4n) is 2.36. The molecule has 5 nitrogen and oxygen atoms in total. The smallest absolute Gasteiger partial charge is 0.275 e. The Balaban J connectivity index is 1.75. The van der Waals surface area contributed by atoms with Crippen molar-refractivity contribution in [3.05, 3.63) is 59.9 Å². The fourth-order valence-corrected chi connectivity index (χ4v) is 2.36. The van der Waals surface area contributed by atoms with Gasteiger partial charge in [-0.1, -0.05) is 0 Å². The van der Waals surface area contributed by atoms with Gasteiger partial charge < -0.3 is 4.74 Å². The molecule has 1 aromatic carbocycles. The molecular weight excluding hydrogens is 278 g/mol. The summed E-state index contributed by atoms with van der Waals surface area (Å²) in [7, 11) is 0. The number of ether oxygens (including phenoxy) is 1. The topological polar surface area (TPSA) is 54.8 Å². The monoisotopic (exact) mass is 295 g/mol. The van der Waals surface area contributed by atoms with Gasteiger partial charge in [0.15, 0.2) is 0 Å². The number of aromatic nitrogens is 1. The number of hydrogen-bond acceptors (Lipinski definition) is 4. The Morgan fingerprint density at radius 2 is 2.09 bits per heavy atom. The van der Waals surface area contributed by atoms with Crippen molar-refractivity contribution in [2.45, 2.75) is 13.3 Å². The summed E-state index contributed by atoms with van der Waals surface area (Å²) in [6.45, 7) is 3.20. The van der Waals surface area contributed by atoms with Crippen molar-refractivity contribution in [2.75, 3.05) is 13.2 Å². The Hall–Kier alpha value is -2.69. The quantitative estimate of drug-likeness (QED) is 0.871. The van der Waals surface area contributed by atoms with Crippen molar-refractivity contribution >= 4 is 11.6 Å². The second-order valence-corrected chi connectivity index (χ2v) is 4.92. The van der Waals surface area contributed by atoms with Crippen LogP contribution in [0.3, 0.4) is 0 Å². The summed E-state index contributed by atoms with van der Waals surface area (Å²) < 4.78 is 5.43. The van der Waals surface area contributed by atoms with Gasteiger partial charge in [0.05, 0.1) is 24.4 Å². The Labute approximate surface area is 129 Å². The van der Waals surface area contributed by atoms with Gasteiger partial charge in [0.1, 0.15) is 5.75 Å². The summed E-state index contributed by atoms with van der Waals surface area (Å²) in [4.78, 5) is 16.3. The lowest BCUT2D eigenvalue weighted by atomic mass is 10.1. The van der Waals surface area contributed by atoms with Gasteiger partial charge in [0, 0.05) is 18.8 Å². The van der Waals surface area contributed by atoms with E-state index in [-0.39, 0.29) is 5.91 Å². The highest BCUT2D eigenvalue weighted by molar-refractivity contribution is 6.04. The minimum atomic E-state index is -0.117. The molecule has 0 saturated carbocycles. The first kappa shape index (κ1) is 14.3. The van der Waals surface area contributed by atoms with Crippen LogP contribution in [0.4, 0.5) is 0 Å². The van der Waals surface area contributed by atoms with Crippen molar-refractivity contribution in [1.82, 2.24) is 9.99 Å². The highest BCUT2D eigenvalue weighted by atomic mass is 16.5. The summed E-state index contributed by atoms with van der Waals surface area (Å²) in [5, 5.41) is 5.94. The molecule has 22 heavy (non-hydrogen) atoms. The van der Waals surface area contributed by atoms with Crippen LogP contribution in [0.25, 0.3) is 0 Å². The zero-order valence-corrected chi connectivity index (χ0v) is 12.4. The third-order valence-electron chi connectivity index (χ3n) is 3.44. The van der Waals surface area contributed by atoms with E-state index in [0.29, 0.717) is 18.7 Å². The zero-order valence-electron chi connectivity index (χ0n) is 12.4. The SMILES string of the molecule is CCOc1ccc(C2=NN(C(=O)c3cccnc3)CC2)cc1. The molecule has 0 spiro atoms. The van der Waals surface area contributed by atoms with Crippen molar-refractivity contribution in [3.8, 4) is 5.75 Å². The first-order valence-electron chi connectivity index (χ1n) is 7.30. The molecular formula is C17H17N3O2. The Morgan fingerprint density at radius 1 is 1.27 bits per heavy atom. The number of hydrogen-bond donors (Lipinski definition) is 0. The van der Waals surface area contributed by atoms with Crippen LogP contribution in [0.15, 0.2) is 53.9 Å². The van der Waals surface area contributed by atoms with Crippen LogP contribution < -0.4 is 4.74 Å². The molecule has 0 bridgehead atoms. The van der Waals surface area contributed by atoms with Crippen LogP contribution in [-0.4, -0.2) is 34.8 Å². The Bertz CT molecular complexity index is 681. The summed E-state index contributed by atoms with van der Waals surface area (Å²) in [6.07, 6.45) is 3.96. The standard InChI is InChI=1S/C17H17N3O2/c1-2-22-15-7-5-13(6-8-15)16-9-11-20(19-16)17(21)14-4-3-10-18-12-14/h3-8,10,12H,2,9,11H2,1H3. The molecule has 0 aliphatic carbocycles. The second-order valence-electron chi connectivity index (χ2n) is 4.92. The van der Waals surface area contributed by atoms with Crippen molar-refractivity contribution in [2.24, 2.45) is 5.10 Å². The number of pyridine rings is 1. The van der Waals surface area contributed by atoms with Crippen LogP contribution in [0, 0.1) is 0 Å². The van der Waals surface area contributed by atoms with E-state index >= 15 is 0 Å². The summed E-state index contributed by atoms with van der Waals surface area (Å²) in [5.41, 5.74) is 2.49. The van der Waals surface area contributed by atoms with Crippen LogP contribution in [-0.2, 0) is 0 Å². The molecule has 2 aromatic rings. The van der Waals surface area contributed by atoms with E-state index in [0.717, 1.165) is 23.4 Å². The van der Waals surface area contributed by atoms with Gasteiger partial charge in [0.25, 0.3) is 5.91 Å². The number of hydrazone groups is 1. The van der Waals surface area contributed by atoms with Gasteiger partial charge in [0.2, 0.25) is 0 Å². The van der Waals surface area contributed by atoms with Crippen LogP contribution in [0.5, 0.6) is 5.75 Å². The lowest BCUT2D eigenvalue weighted by Crippen LogP contribution is -2.23. The van der Waals surface area contributed by atoms with Gasteiger partial charge in [-0.05, 0) is 48.9 Å². The van der Waals surface area contributed by atoms with E-state index in [2.05, 4.69) is 10.1 Å². The Kier molecular flexibility index (Phi) is 4.14. The summed E-state index contributed by atoms with van der Waals surface area (Å²) >= 11 is 0. The Morgan fingerprint density at radius 3 is 2.77 bits per heavy atom. The molecule has 112 valence electrons. The largest absolute Gasteiger partial charge is 0.494 e. The minimum Gasteiger partial charge on any atom is -0.494 e. The predicted octanol–water partition coefficient (Wildman–Crippen LogP) is 2.73. The molecule has 0 saturated heterocycles. The van der Waals surface area contributed by atoms with Crippen LogP contribution in [0.1, 0.15) is 29.3 Å². The molecule has 2 heterocycles. The number of carbonyl (C=O) groups is 1. The van der Waals surface area contributed by atoms with Crippen LogP contribution in [0.2, 0.25) is 0 Å². The molecule has 1 aromatic heterocycles. The minimum absolute atomic E-state index is 0.117. The fraction of sp³-hybridized carbons (Fsp3) is 0.235. The summed E-state index contributed by atoms with van der Waals surface area (Å²) in [6, 6.07) is 11.3. The molecule has 1 amide bonds. The number of benzene rings is 1. The van der Waals surface area contributed by atoms with Gasteiger partial charge >= 0.3 is 0 Å². The maximum absolute atomic E-state index is 12.3. The van der Waals surface area contributed by atoms with Gasteiger partial charge in [-0.15, -0.1) is 0 Å². The van der Waals surface area contributed by atoms with E-state index in [4.69, 9.17) is 4.74 Å². The average molecular weight is 295 g/mol.